The number of carbonyl (C=O) groups excluding carboxylic acids is 3. The summed E-state index contributed by atoms with van der Waals surface area (Å²) in [6.45, 7) is 3.99. The van der Waals surface area contributed by atoms with Crippen molar-refractivity contribution in [2.24, 2.45) is 5.92 Å². The van der Waals surface area contributed by atoms with Gasteiger partial charge in [-0.05, 0) is 59.1 Å². The second-order valence-electron chi connectivity index (χ2n) is 7.40. The molecule has 2 amide bonds. The minimum Gasteiger partial charge on any atom is -0.493 e. The summed E-state index contributed by atoms with van der Waals surface area (Å²) in [6, 6.07) is 8.92. The first kappa shape index (κ1) is 23.3. The highest BCUT2D eigenvalue weighted by Crippen LogP contribution is 2.34. The number of aromatic nitrogens is 1. The van der Waals surface area contributed by atoms with E-state index in [0.717, 1.165) is 22.2 Å². The summed E-state index contributed by atoms with van der Waals surface area (Å²) in [6.07, 6.45) is 4.96. The lowest BCUT2D eigenvalue weighted by Crippen LogP contribution is -2.34. The van der Waals surface area contributed by atoms with Crippen LogP contribution in [0.3, 0.4) is 0 Å². The Bertz CT molecular complexity index is 1020. The fraction of sp³-hybridized carbons (Fsp3) is 0.304. The number of methoxy groups -OCH3 is 1. The standard InChI is InChI=1S/C23H24N2O6S/c1-15(2)13-31-21(26)12-25-22(27)20(32-23(25)28)11-17-4-5-18(19(10-17)29-3)30-14-16-6-8-24-9-7-16/h4-11,15H,12-14H2,1-3H3/b20-11+. The molecule has 9 heteroatoms. The molecule has 1 fully saturated rings. The number of nitrogens with zero attached hydrogens (tertiary/aromatic N) is 2. The molecule has 1 aromatic carbocycles. The van der Waals surface area contributed by atoms with Gasteiger partial charge in [0.05, 0.1) is 18.6 Å². The molecule has 0 N–H and O–H groups in total. The number of hydrogen-bond donors (Lipinski definition) is 0. The summed E-state index contributed by atoms with van der Waals surface area (Å²) in [5.74, 6) is 0.0604. The molecule has 32 heavy (non-hydrogen) atoms. The first-order valence-corrected chi connectivity index (χ1v) is 10.8. The van der Waals surface area contributed by atoms with E-state index in [9.17, 15) is 14.4 Å². The lowest BCUT2D eigenvalue weighted by atomic mass is 10.2. The van der Waals surface area contributed by atoms with Crippen LogP contribution in [-0.4, -0.2) is 47.3 Å². The average molecular weight is 457 g/mol. The molecule has 0 aliphatic carbocycles. The predicted molar refractivity (Wildman–Crippen MR) is 120 cm³/mol. The monoisotopic (exact) mass is 456 g/mol. The van der Waals surface area contributed by atoms with Crippen LogP contribution in [0.1, 0.15) is 25.0 Å². The minimum absolute atomic E-state index is 0.167. The van der Waals surface area contributed by atoms with E-state index in [2.05, 4.69) is 4.98 Å². The smallest absolute Gasteiger partial charge is 0.326 e. The summed E-state index contributed by atoms with van der Waals surface area (Å²) in [4.78, 5) is 41.8. The Morgan fingerprint density at radius 3 is 2.59 bits per heavy atom. The van der Waals surface area contributed by atoms with Crippen molar-refractivity contribution in [3.8, 4) is 11.5 Å². The van der Waals surface area contributed by atoms with Crippen molar-refractivity contribution in [2.75, 3.05) is 20.3 Å². The van der Waals surface area contributed by atoms with E-state index >= 15 is 0 Å². The van der Waals surface area contributed by atoms with Crippen LogP contribution in [0.25, 0.3) is 6.08 Å². The van der Waals surface area contributed by atoms with E-state index in [0.29, 0.717) is 23.7 Å². The van der Waals surface area contributed by atoms with Gasteiger partial charge in [-0.2, -0.15) is 0 Å². The second kappa shape index (κ2) is 10.8. The second-order valence-corrected chi connectivity index (χ2v) is 8.39. The van der Waals surface area contributed by atoms with Gasteiger partial charge in [0.25, 0.3) is 11.1 Å². The number of carbonyl (C=O) groups is 3. The zero-order chi connectivity index (χ0) is 23.1. The van der Waals surface area contributed by atoms with Gasteiger partial charge < -0.3 is 14.2 Å². The van der Waals surface area contributed by atoms with Crippen LogP contribution in [0.2, 0.25) is 0 Å². The number of esters is 1. The van der Waals surface area contributed by atoms with Gasteiger partial charge in [0.15, 0.2) is 11.5 Å². The zero-order valence-electron chi connectivity index (χ0n) is 18.1. The summed E-state index contributed by atoms with van der Waals surface area (Å²) < 4.78 is 16.3. The van der Waals surface area contributed by atoms with Crippen LogP contribution < -0.4 is 9.47 Å². The number of imide groups is 1. The maximum absolute atomic E-state index is 12.6. The van der Waals surface area contributed by atoms with Gasteiger partial charge in [0.2, 0.25) is 0 Å². The Labute approximate surface area is 190 Å². The third-order valence-electron chi connectivity index (χ3n) is 4.37. The Balaban J connectivity index is 1.68. The molecule has 0 saturated carbocycles. The topological polar surface area (TPSA) is 95.0 Å². The highest BCUT2D eigenvalue weighted by molar-refractivity contribution is 8.18. The Morgan fingerprint density at radius 1 is 1.16 bits per heavy atom. The molecule has 3 rings (SSSR count). The van der Waals surface area contributed by atoms with Gasteiger partial charge in [-0.1, -0.05) is 19.9 Å². The summed E-state index contributed by atoms with van der Waals surface area (Å²) in [7, 11) is 1.52. The molecule has 2 aromatic rings. The van der Waals surface area contributed by atoms with Crippen LogP contribution in [0.15, 0.2) is 47.6 Å². The first-order chi connectivity index (χ1) is 15.4. The Kier molecular flexibility index (Phi) is 7.88. The molecule has 0 spiro atoms. The minimum atomic E-state index is -0.611. The summed E-state index contributed by atoms with van der Waals surface area (Å²) in [5.41, 5.74) is 1.62. The molecule has 8 nitrogen and oxygen atoms in total. The summed E-state index contributed by atoms with van der Waals surface area (Å²) >= 11 is 0.781. The van der Waals surface area contributed by atoms with Crippen molar-refractivity contribution >= 4 is 35.0 Å². The largest absolute Gasteiger partial charge is 0.493 e. The molecule has 1 aliphatic heterocycles. The molecular weight excluding hydrogens is 432 g/mol. The molecule has 1 aromatic heterocycles. The third kappa shape index (κ3) is 6.10. The van der Waals surface area contributed by atoms with Crippen molar-refractivity contribution in [2.45, 2.75) is 20.5 Å². The third-order valence-corrected chi connectivity index (χ3v) is 5.27. The first-order valence-electron chi connectivity index (χ1n) is 9.98. The predicted octanol–water partition coefficient (Wildman–Crippen LogP) is 3.90. The van der Waals surface area contributed by atoms with Crippen molar-refractivity contribution in [1.29, 1.82) is 0 Å². The number of hydrogen-bond acceptors (Lipinski definition) is 8. The molecule has 0 unspecified atom stereocenters. The van der Waals surface area contributed by atoms with Crippen molar-refractivity contribution < 1.29 is 28.6 Å². The molecule has 2 heterocycles. The van der Waals surface area contributed by atoms with Crippen LogP contribution >= 0.6 is 11.8 Å². The van der Waals surface area contributed by atoms with Gasteiger partial charge >= 0.3 is 5.97 Å². The fourth-order valence-corrected chi connectivity index (χ4v) is 3.59. The lowest BCUT2D eigenvalue weighted by molar-refractivity contribution is -0.147. The number of ether oxygens (including phenoxy) is 3. The average Bonchev–Trinajstić information content (AvgIpc) is 3.04. The Morgan fingerprint density at radius 2 is 1.91 bits per heavy atom. The highest BCUT2D eigenvalue weighted by atomic mass is 32.2. The van der Waals surface area contributed by atoms with Gasteiger partial charge in [0, 0.05) is 12.4 Å². The molecule has 0 radical (unpaired) electrons. The summed E-state index contributed by atoms with van der Waals surface area (Å²) in [5, 5.41) is -0.507. The zero-order valence-corrected chi connectivity index (χ0v) is 18.9. The van der Waals surface area contributed by atoms with Crippen LogP contribution in [0, 0.1) is 5.92 Å². The number of benzene rings is 1. The number of pyridine rings is 1. The van der Waals surface area contributed by atoms with E-state index in [-0.39, 0.29) is 17.4 Å². The van der Waals surface area contributed by atoms with Crippen LogP contribution in [0.5, 0.6) is 11.5 Å². The quantitative estimate of drug-likeness (QED) is 0.414. The van der Waals surface area contributed by atoms with E-state index in [1.807, 2.05) is 26.0 Å². The van der Waals surface area contributed by atoms with Gasteiger partial charge in [-0.15, -0.1) is 0 Å². The number of amides is 2. The maximum atomic E-state index is 12.6. The Hall–Kier alpha value is -3.33. The number of thioether (sulfide) groups is 1. The SMILES string of the molecule is COc1cc(/C=C2/SC(=O)N(CC(=O)OCC(C)C)C2=O)ccc1OCc1ccncc1. The van der Waals surface area contributed by atoms with E-state index in [1.165, 1.54) is 7.11 Å². The normalized spacial score (nSPS) is 14.9. The highest BCUT2D eigenvalue weighted by Gasteiger charge is 2.36. The van der Waals surface area contributed by atoms with Crippen molar-refractivity contribution in [1.82, 2.24) is 9.88 Å². The van der Waals surface area contributed by atoms with E-state index < -0.39 is 23.7 Å². The van der Waals surface area contributed by atoms with Crippen LogP contribution in [-0.2, 0) is 20.9 Å². The fourth-order valence-electron chi connectivity index (χ4n) is 2.76. The molecule has 0 bridgehead atoms. The molecular formula is C23H24N2O6S. The molecule has 168 valence electrons. The van der Waals surface area contributed by atoms with Crippen LogP contribution in [0.4, 0.5) is 4.79 Å². The van der Waals surface area contributed by atoms with Gasteiger partial charge in [-0.25, -0.2) is 0 Å². The number of rotatable bonds is 9. The van der Waals surface area contributed by atoms with E-state index in [1.54, 1.807) is 36.7 Å². The van der Waals surface area contributed by atoms with Crippen molar-refractivity contribution in [3.05, 3.63) is 58.8 Å². The molecule has 1 saturated heterocycles. The van der Waals surface area contributed by atoms with Gasteiger partial charge in [-0.3, -0.25) is 24.3 Å². The molecule has 0 atom stereocenters. The van der Waals surface area contributed by atoms with E-state index in [4.69, 9.17) is 14.2 Å². The van der Waals surface area contributed by atoms with Crippen molar-refractivity contribution in [3.63, 3.8) is 0 Å². The molecule has 1 aliphatic rings. The van der Waals surface area contributed by atoms with Gasteiger partial charge in [0.1, 0.15) is 13.2 Å². The lowest BCUT2D eigenvalue weighted by Gasteiger charge is -2.13. The maximum Gasteiger partial charge on any atom is 0.326 e.